The Kier molecular flexibility index (Phi) is 6.47. The largest absolute Gasteiger partial charge is 0.351 e. The minimum atomic E-state index is -0.193. The number of carbonyl (C=O) groups is 1. The van der Waals surface area contributed by atoms with Crippen LogP contribution in [0.4, 0.5) is 0 Å². The maximum atomic E-state index is 11.9. The molecule has 1 aromatic carbocycles. The predicted octanol–water partition coefficient (Wildman–Crippen LogP) is 4.49. The van der Waals surface area contributed by atoms with E-state index in [9.17, 15) is 4.79 Å². The van der Waals surface area contributed by atoms with Crippen molar-refractivity contribution in [2.45, 2.75) is 25.6 Å². The van der Waals surface area contributed by atoms with Crippen LogP contribution in [0, 0.1) is 5.92 Å². The van der Waals surface area contributed by atoms with E-state index >= 15 is 0 Å². The summed E-state index contributed by atoms with van der Waals surface area (Å²) in [5.74, 6) is 0.322. The molecule has 0 aromatic heterocycles. The predicted molar refractivity (Wildman–Crippen MR) is 80.6 cm³/mol. The molecule has 0 aliphatic carbocycles. The van der Waals surface area contributed by atoms with Gasteiger partial charge in [-0.3, -0.25) is 4.79 Å². The summed E-state index contributed by atoms with van der Waals surface area (Å²) in [5.41, 5.74) is 0.466. The molecule has 0 spiro atoms. The first kappa shape index (κ1) is 15.8. The first-order valence-corrected chi connectivity index (χ1v) is 7.38. The fraction of sp³-hybridized carbons (Fsp3) is 0.462. The van der Waals surface area contributed by atoms with E-state index in [1.54, 1.807) is 18.2 Å². The molecule has 1 N–H and O–H groups in total. The SMILES string of the molecule is CC(C)CC(Cl)CNC(=O)c1ccc(Br)cc1Cl. The van der Waals surface area contributed by atoms with Gasteiger partial charge in [0.05, 0.1) is 16.0 Å². The first-order valence-electron chi connectivity index (χ1n) is 5.77. The monoisotopic (exact) mass is 351 g/mol. The van der Waals surface area contributed by atoms with Crippen LogP contribution in [0.1, 0.15) is 30.6 Å². The van der Waals surface area contributed by atoms with Gasteiger partial charge in [0.25, 0.3) is 5.91 Å². The molecule has 0 aliphatic rings. The van der Waals surface area contributed by atoms with Crippen LogP contribution in [0.5, 0.6) is 0 Å². The van der Waals surface area contributed by atoms with Crippen LogP contribution in [0.25, 0.3) is 0 Å². The van der Waals surface area contributed by atoms with E-state index in [0.29, 0.717) is 23.0 Å². The molecule has 0 saturated heterocycles. The van der Waals surface area contributed by atoms with Gasteiger partial charge in [0.15, 0.2) is 0 Å². The minimum absolute atomic E-state index is 0.0526. The average molecular weight is 353 g/mol. The molecule has 0 radical (unpaired) electrons. The number of halogens is 3. The third-order valence-corrected chi connectivity index (χ3v) is 3.53. The van der Waals surface area contributed by atoms with Crippen LogP contribution in [-0.4, -0.2) is 17.8 Å². The molecule has 0 aliphatic heterocycles. The van der Waals surface area contributed by atoms with Crippen LogP contribution in [-0.2, 0) is 0 Å². The van der Waals surface area contributed by atoms with Crippen LogP contribution in [0.2, 0.25) is 5.02 Å². The summed E-state index contributed by atoms with van der Waals surface area (Å²) >= 11 is 15.4. The minimum Gasteiger partial charge on any atom is -0.351 e. The van der Waals surface area contributed by atoms with E-state index in [4.69, 9.17) is 23.2 Å². The number of hydrogen-bond acceptors (Lipinski definition) is 1. The number of alkyl halides is 1. The van der Waals surface area contributed by atoms with Crippen molar-refractivity contribution in [3.63, 3.8) is 0 Å². The van der Waals surface area contributed by atoms with Crippen molar-refractivity contribution >= 4 is 45.0 Å². The van der Waals surface area contributed by atoms with Crippen LogP contribution < -0.4 is 5.32 Å². The van der Waals surface area contributed by atoms with Crippen LogP contribution in [0.15, 0.2) is 22.7 Å². The van der Waals surface area contributed by atoms with Gasteiger partial charge in [-0.05, 0) is 30.5 Å². The first-order chi connectivity index (χ1) is 8.40. The Labute approximate surface area is 126 Å². The Morgan fingerprint density at radius 3 is 2.67 bits per heavy atom. The van der Waals surface area contributed by atoms with Gasteiger partial charge < -0.3 is 5.32 Å². The number of carbonyl (C=O) groups excluding carboxylic acids is 1. The Morgan fingerprint density at radius 2 is 2.11 bits per heavy atom. The van der Waals surface area contributed by atoms with Gasteiger partial charge in [-0.2, -0.15) is 0 Å². The van der Waals surface area contributed by atoms with Crippen LogP contribution in [0.3, 0.4) is 0 Å². The molecule has 0 bridgehead atoms. The average Bonchev–Trinajstić information content (AvgIpc) is 2.25. The summed E-state index contributed by atoms with van der Waals surface area (Å²) < 4.78 is 0.846. The second kappa shape index (κ2) is 7.37. The molecular formula is C13H16BrCl2NO. The Hall–Kier alpha value is -0.250. The Morgan fingerprint density at radius 1 is 1.44 bits per heavy atom. The molecular weight excluding hydrogens is 337 g/mol. The summed E-state index contributed by atoms with van der Waals surface area (Å²) in [4.78, 5) is 11.9. The van der Waals surface area contributed by atoms with Crippen LogP contribution >= 0.6 is 39.1 Å². The smallest absolute Gasteiger partial charge is 0.252 e. The second-order valence-electron chi connectivity index (χ2n) is 4.56. The molecule has 0 saturated carbocycles. The zero-order valence-electron chi connectivity index (χ0n) is 10.3. The van der Waals surface area contributed by atoms with Crippen molar-refractivity contribution in [1.29, 1.82) is 0 Å². The lowest BCUT2D eigenvalue weighted by atomic mass is 10.1. The third kappa shape index (κ3) is 5.17. The quantitative estimate of drug-likeness (QED) is 0.777. The van der Waals surface area contributed by atoms with Gasteiger partial charge in [-0.1, -0.05) is 41.4 Å². The highest BCUT2D eigenvalue weighted by atomic mass is 79.9. The molecule has 2 nitrogen and oxygen atoms in total. The second-order valence-corrected chi connectivity index (χ2v) is 6.50. The Bertz CT molecular complexity index is 423. The van der Waals surface area contributed by atoms with E-state index in [-0.39, 0.29) is 11.3 Å². The van der Waals surface area contributed by atoms with E-state index in [1.807, 2.05) is 0 Å². The zero-order valence-corrected chi connectivity index (χ0v) is 13.4. The van der Waals surface area contributed by atoms with E-state index < -0.39 is 0 Å². The standard InChI is InChI=1S/C13H16BrCl2NO/c1-8(2)5-10(15)7-17-13(18)11-4-3-9(14)6-12(11)16/h3-4,6,8,10H,5,7H2,1-2H3,(H,17,18). The van der Waals surface area contributed by atoms with Gasteiger partial charge >= 0.3 is 0 Å². The number of rotatable bonds is 5. The number of hydrogen-bond donors (Lipinski definition) is 1. The van der Waals surface area contributed by atoms with Gasteiger partial charge in [-0.25, -0.2) is 0 Å². The topological polar surface area (TPSA) is 29.1 Å². The van der Waals surface area contributed by atoms with Gasteiger partial charge in [0, 0.05) is 11.0 Å². The summed E-state index contributed by atoms with van der Waals surface area (Å²) in [7, 11) is 0. The van der Waals surface area contributed by atoms with Crippen molar-refractivity contribution in [3.8, 4) is 0 Å². The molecule has 100 valence electrons. The lowest BCUT2D eigenvalue weighted by Crippen LogP contribution is -2.30. The summed E-state index contributed by atoms with van der Waals surface area (Å²) in [6, 6.07) is 5.17. The zero-order chi connectivity index (χ0) is 13.7. The highest BCUT2D eigenvalue weighted by Crippen LogP contribution is 2.21. The highest BCUT2D eigenvalue weighted by molar-refractivity contribution is 9.10. The molecule has 1 aromatic rings. The number of benzene rings is 1. The molecule has 0 fully saturated rings. The molecule has 1 unspecified atom stereocenters. The molecule has 1 amide bonds. The van der Waals surface area contributed by atoms with E-state index in [2.05, 4.69) is 35.1 Å². The molecule has 1 atom stereocenters. The summed E-state index contributed by atoms with van der Waals surface area (Å²) in [6.07, 6.45) is 0.871. The maximum absolute atomic E-state index is 11.9. The van der Waals surface area contributed by atoms with Crippen molar-refractivity contribution in [2.24, 2.45) is 5.92 Å². The van der Waals surface area contributed by atoms with Gasteiger partial charge in [-0.15, -0.1) is 11.6 Å². The van der Waals surface area contributed by atoms with E-state index in [1.165, 1.54) is 0 Å². The summed E-state index contributed by atoms with van der Waals surface area (Å²) in [6.45, 7) is 4.65. The normalized spacial score (nSPS) is 12.6. The van der Waals surface area contributed by atoms with Crippen molar-refractivity contribution in [2.75, 3.05) is 6.54 Å². The fourth-order valence-corrected chi connectivity index (χ4v) is 2.76. The van der Waals surface area contributed by atoms with Crippen molar-refractivity contribution in [3.05, 3.63) is 33.3 Å². The Balaban J connectivity index is 2.55. The highest BCUT2D eigenvalue weighted by Gasteiger charge is 2.13. The molecule has 5 heteroatoms. The molecule has 0 heterocycles. The molecule has 1 rings (SSSR count). The van der Waals surface area contributed by atoms with Gasteiger partial charge in [0.1, 0.15) is 0 Å². The summed E-state index contributed by atoms with van der Waals surface area (Å²) in [5, 5.41) is 3.17. The lowest BCUT2D eigenvalue weighted by molar-refractivity contribution is 0.0953. The molecule has 18 heavy (non-hydrogen) atoms. The lowest BCUT2D eigenvalue weighted by Gasteiger charge is -2.13. The van der Waals surface area contributed by atoms with Gasteiger partial charge in [0.2, 0.25) is 0 Å². The number of nitrogens with one attached hydrogen (secondary N) is 1. The van der Waals surface area contributed by atoms with Crippen molar-refractivity contribution in [1.82, 2.24) is 5.32 Å². The maximum Gasteiger partial charge on any atom is 0.252 e. The fourth-order valence-electron chi connectivity index (χ4n) is 1.57. The third-order valence-electron chi connectivity index (χ3n) is 2.39. The number of amides is 1. The van der Waals surface area contributed by atoms with Crippen molar-refractivity contribution < 1.29 is 4.79 Å². The van der Waals surface area contributed by atoms with E-state index in [0.717, 1.165) is 10.9 Å².